The van der Waals surface area contributed by atoms with Gasteiger partial charge < -0.3 is 14.5 Å². The Morgan fingerprint density at radius 3 is 2.71 bits per heavy atom. The molecule has 2 aromatic heterocycles. The number of benzene rings is 1. The first-order chi connectivity index (χ1) is 13.5. The van der Waals surface area contributed by atoms with Crippen LogP contribution in [0.1, 0.15) is 11.1 Å². The van der Waals surface area contributed by atoms with Gasteiger partial charge in [0.05, 0.1) is 11.6 Å². The smallest absolute Gasteiger partial charge is 0.260 e. The molecule has 28 heavy (non-hydrogen) atoms. The number of aromatic nitrogens is 4. The van der Waals surface area contributed by atoms with Crippen LogP contribution in [0.2, 0.25) is 0 Å². The van der Waals surface area contributed by atoms with Crippen molar-refractivity contribution in [1.29, 1.82) is 0 Å². The Hall–Kier alpha value is -3.16. The average molecular weight is 380 g/mol. The average Bonchev–Trinajstić information content (AvgIpc) is 3.10. The fraction of sp³-hybridized carbons (Fsp3) is 0.400. The number of hydrogen-bond acceptors (Lipinski definition) is 6. The van der Waals surface area contributed by atoms with Crippen LogP contribution < -0.4 is 9.64 Å². The fourth-order valence-corrected chi connectivity index (χ4v) is 3.48. The molecule has 8 nitrogen and oxygen atoms in total. The summed E-state index contributed by atoms with van der Waals surface area (Å²) in [4.78, 5) is 25.3. The van der Waals surface area contributed by atoms with Crippen LogP contribution in [0.5, 0.6) is 5.75 Å². The molecule has 1 saturated heterocycles. The van der Waals surface area contributed by atoms with E-state index in [1.54, 1.807) is 17.2 Å². The van der Waals surface area contributed by atoms with Crippen molar-refractivity contribution in [3.8, 4) is 5.75 Å². The van der Waals surface area contributed by atoms with Crippen molar-refractivity contribution in [2.24, 2.45) is 7.05 Å². The van der Waals surface area contributed by atoms with Gasteiger partial charge >= 0.3 is 0 Å². The molecule has 1 amide bonds. The highest BCUT2D eigenvalue weighted by Gasteiger charge is 2.24. The van der Waals surface area contributed by atoms with Gasteiger partial charge in [-0.2, -0.15) is 5.10 Å². The van der Waals surface area contributed by atoms with Crippen molar-refractivity contribution < 1.29 is 9.53 Å². The molecule has 0 atom stereocenters. The molecular weight excluding hydrogens is 356 g/mol. The van der Waals surface area contributed by atoms with Gasteiger partial charge in [0.2, 0.25) is 0 Å². The first-order valence-electron chi connectivity index (χ1n) is 9.39. The zero-order valence-electron chi connectivity index (χ0n) is 16.4. The number of ether oxygens (including phenoxy) is 1. The van der Waals surface area contributed by atoms with Crippen LogP contribution in [-0.2, 0) is 11.8 Å². The van der Waals surface area contributed by atoms with Gasteiger partial charge in [-0.05, 0) is 31.0 Å². The van der Waals surface area contributed by atoms with Crippen LogP contribution in [0, 0.1) is 13.8 Å². The summed E-state index contributed by atoms with van der Waals surface area (Å²) in [5.74, 6) is 1.65. The largest absolute Gasteiger partial charge is 0.483 e. The topological polar surface area (TPSA) is 76.4 Å². The molecule has 0 unspecified atom stereocenters. The number of carbonyl (C=O) groups excluding carboxylic acids is 1. The summed E-state index contributed by atoms with van der Waals surface area (Å²) in [6.07, 6.45) is 3.36. The number of carbonyl (C=O) groups is 1. The van der Waals surface area contributed by atoms with Gasteiger partial charge in [-0.1, -0.05) is 12.1 Å². The molecule has 0 bridgehead atoms. The molecule has 0 aliphatic carbocycles. The lowest BCUT2D eigenvalue weighted by molar-refractivity contribution is -0.133. The van der Waals surface area contributed by atoms with Crippen LogP contribution in [0.3, 0.4) is 0 Å². The second-order valence-electron chi connectivity index (χ2n) is 7.06. The molecule has 3 heterocycles. The Labute approximate surface area is 163 Å². The maximum Gasteiger partial charge on any atom is 0.260 e. The first kappa shape index (κ1) is 18.2. The van der Waals surface area contributed by atoms with Gasteiger partial charge in [0, 0.05) is 33.2 Å². The Morgan fingerprint density at radius 2 is 1.93 bits per heavy atom. The highest BCUT2D eigenvalue weighted by molar-refractivity contribution is 5.86. The molecule has 1 aliphatic heterocycles. The molecule has 0 radical (unpaired) electrons. The third-order valence-electron chi connectivity index (χ3n) is 5.35. The van der Waals surface area contributed by atoms with Crippen molar-refractivity contribution >= 4 is 22.8 Å². The van der Waals surface area contributed by atoms with Crippen molar-refractivity contribution in [1.82, 2.24) is 24.6 Å². The van der Waals surface area contributed by atoms with Crippen molar-refractivity contribution in [2.45, 2.75) is 13.8 Å². The monoisotopic (exact) mass is 380 g/mol. The summed E-state index contributed by atoms with van der Waals surface area (Å²) in [5.41, 5.74) is 3.04. The van der Waals surface area contributed by atoms with Gasteiger partial charge in [-0.25, -0.2) is 9.97 Å². The first-order valence-corrected chi connectivity index (χ1v) is 9.39. The highest BCUT2D eigenvalue weighted by atomic mass is 16.5. The molecular formula is C20H24N6O2. The number of nitrogens with zero attached hydrogens (tertiary/aromatic N) is 6. The van der Waals surface area contributed by atoms with Gasteiger partial charge in [0.25, 0.3) is 5.91 Å². The number of amides is 1. The Balaban J connectivity index is 1.37. The van der Waals surface area contributed by atoms with E-state index < -0.39 is 0 Å². The molecule has 1 aliphatic rings. The fourth-order valence-electron chi connectivity index (χ4n) is 3.48. The molecule has 4 rings (SSSR count). The minimum Gasteiger partial charge on any atom is -0.483 e. The maximum atomic E-state index is 12.6. The van der Waals surface area contributed by atoms with Crippen molar-refractivity contribution in [2.75, 3.05) is 37.7 Å². The molecule has 146 valence electrons. The second kappa shape index (κ2) is 7.46. The van der Waals surface area contributed by atoms with E-state index in [0.717, 1.165) is 46.8 Å². The Morgan fingerprint density at radius 1 is 1.14 bits per heavy atom. The Bertz CT molecular complexity index is 1010. The molecule has 0 spiro atoms. The molecule has 1 aromatic carbocycles. The lowest BCUT2D eigenvalue weighted by Gasteiger charge is -2.35. The Kier molecular flexibility index (Phi) is 4.85. The van der Waals surface area contributed by atoms with Crippen molar-refractivity contribution in [3.05, 3.63) is 41.9 Å². The van der Waals surface area contributed by atoms with E-state index in [9.17, 15) is 4.79 Å². The normalized spacial score (nSPS) is 14.5. The third kappa shape index (κ3) is 3.37. The van der Waals surface area contributed by atoms with Gasteiger partial charge in [0.1, 0.15) is 17.9 Å². The number of piperazine rings is 1. The second-order valence-corrected chi connectivity index (χ2v) is 7.06. The van der Waals surface area contributed by atoms with Crippen LogP contribution in [0.25, 0.3) is 11.0 Å². The summed E-state index contributed by atoms with van der Waals surface area (Å²) in [7, 11) is 1.87. The minimum absolute atomic E-state index is 0.00904. The predicted molar refractivity (Wildman–Crippen MR) is 107 cm³/mol. The quantitative estimate of drug-likeness (QED) is 0.686. The lowest BCUT2D eigenvalue weighted by atomic mass is 10.1. The highest BCUT2D eigenvalue weighted by Crippen LogP contribution is 2.23. The summed E-state index contributed by atoms with van der Waals surface area (Å²) >= 11 is 0. The summed E-state index contributed by atoms with van der Waals surface area (Å²) in [6.45, 7) is 6.82. The lowest BCUT2D eigenvalue weighted by Crippen LogP contribution is -2.50. The summed E-state index contributed by atoms with van der Waals surface area (Å²) in [6, 6.07) is 5.89. The molecule has 0 N–H and O–H groups in total. The SMILES string of the molecule is Cc1cccc(OCC(=O)N2CCN(c3ncnc4c3cnn4C)CC2)c1C. The van der Waals surface area contributed by atoms with E-state index in [2.05, 4.69) is 20.0 Å². The standard InChI is InChI=1S/C20H24N6O2/c1-14-5-4-6-17(15(14)2)28-12-18(27)25-7-9-26(10-8-25)20-16-11-23-24(3)19(16)21-13-22-20/h4-6,11,13H,7-10,12H2,1-3H3. The number of anilines is 1. The van der Waals surface area contributed by atoms with E-state index in [4.69, 9.17) is 4.74 Å². The van der Waals surface area contributed by atoms with E-state index in [1.807, 2.05) is 44.0 Å². The van der Waals surface area contributed by atoms with Crippen LogP contribution in [-0.4, -0.2) is 63.3 Å². The summed E-state index contributed by atoms with van der Waals surface area (Å²) < 4.78 is 7.51. The van der Waals surface area contributed by atoms with Gasteiger partial charge in [0.15, 0.2) is 12.3 Å². The van der Waals surface area contributed by atoms with E-state index in [-0.39, 0.29) is 12.5 Å². The molecule has 1 fully saturated rings. The van der Waals surface area contributed by atoms with E-state index >= 15 is 0 Å². The van der Waals surface area contributed by atoms with Crippen LogP contribution >= 0.6 is 0 Å². The molecule has 8 heteroatoms. The zero-order chi connectivity index (χ0) is 19.7. The third-order valence-corrected chi connectivity index (χ3v) is 5.35. The minimum atomic E-state index is 0.00904. The van der Waals surface area contributed by atoms with Crippen LogP contribution in [0.15, 0.2) is 30.7 Å². The molecule has 0 saturated carbocycles. The zero-order valence-corrected chi connectivity index (χ0v) is 16.4. The number of aryl methyl sites for hydroxylation is 2. The predicted octanol–water partition coefficient (Wildman–Crippen LogP) is 1.71. The van der Waals surface area contributed by atoms with Gasteiger partial charge in [-0.15, -0.1) is 0 Å². The number of rotatable bonds is 4. The molecule has 3 aromatic rings. The van der Waals surface area contributed by atoms with E-state index in [0.29, 0.717) is 13.1 Å². The number of fused-ring (bicyclic) bond motifs is 1. The maximum absolute atomic E-state index is 12.6. The van der Waals surface area contributed by atoms with E-state index in [1.165, 1.54) is 0 Å². The van der Waals surface area contributed by atoms with Crippen molar-refractivity contribution in [3.63, 3.8) is 0 Å². The summed E-state index contributed by atoms with van der Waals surface area (Å²) in [5, 5.41) is 5.20. The van der Waals surface area contributed by atoms with Gasteiger partial charge in [-0.3, -0.25) is 9.48 Å². The van der Waals surface area contributed by atoms with Crippen LogP contribution in [0.4, 0.5) is 5.82 Å². The number of hydrogen-bond donors (Lipinski definition) is 0.